The van der Waals surface area contributed by atoms with E-state index in [2.05, 4.69) is 35.8 Å². The Labute approximate surface area is 118 Å². The summed E-state index contributed by atoms with van der Waals surface area (Å²) in [7, 11) is 0. The van der Waals surface area contributed by atoms with Crippen LogP contribution in [0.1, 0.15) is 57.6 Å². The first-order chi connectivity index (χ1) is 8.60. The van der Waals surface area contributed by atoms with Crippen molar-refractivity contribution in [3.8, 4) is 5.75 Å². The standard InChI is InChI=1S/C15H22BrNO/c1-3-5-8-15(4-2)10-13(17)12-9-11(16)6-7-14(12)18-15/h6-7,9,13H,3-5,8,10,17H2,1-2H3/t13-,15?/m0/s1. The monoisotopic (exact) mass is 311 g/mol. The first-order valence-corrected chi connectivity index (χ1v) is 7.63. The minimum atomic E-state index is -0.0593. The van der Waals surface area contributed by atoms with Gasteiger partial charge in [0.1, 0.15) is 11.4 Å². The summed E-state index contributed by atoms with van der Waals surface area (Å²) in [6.07, 6.45) is 5.45. The van der Waals surface area contributed by atoms with Gasteiger partial charge in [0.25, 0.3) is 0 Å². The zero-order valence-electron chi connectivity index (χ0n) is 11.2. The molecule has 1 unspecified atom stereocenters. The van der Waals surface area contributed by atoms with Crippen molar-refractivity contribution in [3.05, 3.63) is 28.2 Å². The predicted octanol–water partition coefficient (Wildman–Crippen LogP) is 4.57. The Hall–Kier alpha value is -0.540. The molecule has 0 fully saturated rings. The predicted molar refractivity (Wildman–Crippen MR) is 78.9 cm³/mol. The van der Waals surface area contributed by atoms with Crippen molar-refractivity contribution in [1.82, 2.24) is 0 Å². The van der Waals surface area contributed by atoms with Gasteiger partial charge in [0.2, 0.25) is 0 Å². The molecule has 2 nitrogen and oxygen atoms in total. The van der Waals surface area contributed by atoms with Crippen LogP contribution in [0.5, 0.6) is 5.75 Å². The number of benzene rings is 1. The molecule has 1 aromatic carbocycles. The Morgan fingerprint density at radius 3 is 2.89 bits per heavy atom. The SMILES string of the molecule is CCCCC1(CC)C[C@H](N)c2cc(Br)ccc2O1. The second-order valence-electron chi connectivity index (χ2n) is 5.23. The van der Waals surface area contributed by atoms with Crippen molar-refractivity contribution in [2.45, 2.75) is 57.6 Å². The Balaban J connectivity index is 2.27. The van der Waals surface area contributed by atoms with Crippen LogP contribution in [0.15, 0.2) is 22.7 Å². The highest BCUT2D eigenvalue weighted by Crippen LogP contribution is 2.43. The molecule has 1 heterocycles. The molecule has 100 valence electrons. The number of nitrogens with two attached hydrogens (primary N) is 1. The largest absolute Gasteiger partial charge is 0.487 e. The second kappa shape index (κ2) is 5.62. The molecule has 0 saturated heterocycles. The second-order valence-corrected chi connectivity index (χ2v) is 6.15. The van der Waals surface area contributed by atoms with Crippen LogP contribution in [-0.2, 0) is 0 Å². The van der Waals surface area contributed by atoms with Gasteiger partial charge in [-0.15, -0.1) is 0 Å². The lowest BCUT2D eigenvalue weighted by Gasteiger charge is -2.41. The van der Waals surface area contributed by atoms with Crippen molar-refractivity contribution in [1.29, 1.82) is 0 Å². The number of rotatable bonds is 4. The molecule has 0 saturated carbocycles. The highest BCUT2D eigenvalue weighted by atomic mass is 79.9. The van der Waals surface area contributed by atoms with E-state index in [1.807, 2.05) is 12.1 Å². The molecule has 2 atom stereocenters. The summed E-state index contributed by atoms with van der Waals surface area (Å²) < 4.78 is 7.36. The molecule has 0 amide bonds. The number of unbranched alkanes of at least 4 members (excludes halogenated alkanes) is 1. The maximum atomic E-state index is 6.34. The molecule has 1 aromatic rings. The molecule has 2 rings (SSSR count). The number of halogens is 1. The highest BCUT2D eigenvalue weighted by Gasteiger charge is 2.37. The summed E-state index contributed by atoms with van der Waals surface area (Å²) in [5.41, 5.74) is 7.41. The number of hydrogen-bond acceptors (Lipinski definition) is 2. The third-order valence-electron chi connectivity index (χ3n) is 3.92. The summed E-state index contributed by atoms with van der Waals surface area (Å²) in [6, 6.07) is 6.23. The normalized spacial score (nSPS) is 26.6. The molecule has 0 radical (unpaired) electrons. The van der Waals surface area contributed by atoms with Gasteiger partial charge in [0, 0.05) is 22.5 Å². The highest BCUT2D eigenvalue weighted by molar-refractivity contribution is 9.10. The van der Waals surface area contributed by atoms with Gasteiger partial charge in [-0.2, -0.15) is 0 Å². The van der Waals surface area contributed by atoms with Crippen molar-refractivity contribution < 1.29 is 4.74 Å². The summed E-state index contributed by atoms with van der Waals surface area (Å²) in [5.74, 6) is 0.968. The Kier molecular flexibility index (Phi) is 4.33. The number of hydrogen-bond donors (Lipinski definition) is 1. The molecule has 0 spiro atoms. The maximum Gasteiger partial charge on any atom is 0.124 e. The van der Waals surface area contributed by atoms with Gasteiger partial charge in [0.15, 0.2) is 0 Å². The number of fused-ring (bicyclic) bond motifs is 1. The van der Waals surface area contributed by atoms with Gasteiger partial charge in [-0.1, -0.05) is 36.2 Å². The summed E-state index contributed by atoms with van der Waals surface area (Å²) in [4.78, 5) is 0. The smallest absolute Gasteiger partial charge is 0.124 e. The first kappa shape index (κ1) is 13.9. The van der Waals surface area contributed by atoms with Crippen LogP contribution in [0.3, 0.4) is 0 Å². The van der Waals surface area contributed by atoms with Gasteiger partial charge in [-0.25, -0.2) is 0 Å². The van der Waals surface area contributed by atoms with Crippen LogP contribution >= 0.6 is 15.9 Å². The molecule has 18 heavy (non-hydrogen) atoms. The van der Waals surface area contributed by atoms with Crippen molar-refractivity contribution in [2.24, 2.45) is 5.73 Å². The molecular formula is C15H22BrNO. The fraction of sp³-hybridized carbons (Fsp3) is 0.600. The zero-order chi connectivity index (χ0) is 13.2. The molecule has 2 N–H and O–H groups in total. The van der Waals surface area contributed by atoms with E-state index in [0.717, 1.165) is 35.0 Å². The average molecular weight is 312 g/mol. The molecule has 1 aliphatic rings. The van der Waals surface area contributed by atoms with Crippen LogP contribution < -0.4 is 10.5 Å². The van der Waals surface area contributed by atoms with Crippen molar-refractivity contribution in [2.75, 3.05) is 0 Å². The van der Waals surface area contributed by atoms with E-state index >= 15 is 0 Å². The van der Waals surface area contributed by atoms with Crippen LogP contribution in [0.2, 0.25) is 0 Å². The van der Waals surface area contributed by atoms with E-state index in [9.17, 15) is 0 Å². The maximum absolute atomic E-state index is 6.34. The fourth-order valence-electron chi connectivity index (χ4n) is 2.73. The van der Waals surface area contributed by atoms with Crippen molar-refractivity contribution >= 4 is 15.9 Å². The Bertz CT molecular complexity index is 421. The van der Waals surface area contributed by atoms with Gasteiger partial charge >= 0.3 is 0 Å². The third kappa shape index (κ3) is 2.72. The minimum Gasteiger partial charge on any atom is -0.487 e. The van der Waals surface area contributed by atoms with Crippen LogP contribution in [0.4, 0.5) is 0 Å². The summed E-state index contributed by atoms with van der Waals surface area (Å²) >= 11 is 3.49. The van der Waals surface area contributed by atoms with E-state index in [4.69, 9.17) is 10.5 Å². The van der Waals surface area contributed by atoms with Crippen LogP contribution in [0, 0.1) is 0 Å². The van der Waals surface area contributed by atoms with Gasteiger partial charge < -0.3 is 10.5 Å². The average Bonchev–Trinajstić information content (AvgIpc) is 2.37. The summed E-state index contributed by atoms with van der Waals surface area (Å²) in [6.45, 7) is 4.42. The zero-order valence-corrected chi connectivity index (χ0v) is 12.8. The Morgan fingerprint density at radius 2 is 2.22 bits per heavy atom. The lowest BCUT2D eigenvalue weighted by Crippen LogP contribution is -2.42. The lowest BCUT2D eigenvalue weighted by atomic mass is 9.82. The number of ether oxygens (including phenoxy) is 1. The molecule has 0 bridgehead atoms. The topological polar surface area (TPSA) is 35.2 Å². The quantitative estimate of drug-likeness (QED) is 0.884. The van der Waals surface area contributed by atoms with E-state index < -0.39 is 0 Å². The van der Waals surface area contributed by atoms with E-state index in [1.54, 1.807) is 0 Å². The van der Waals surface area contributed by atoms with Crippen molar-refractivity contribution in [3.63, 3.8) is 0 Å². The molecule has 0 aliphatic carbocycles. The van der Waals surface area contributed by atoms with Crippen LogP contribution in [0.25, 0.3) is 0 Å². The molecule has 1 aliphatic heterocycles. The molecule has 3 heteroatoms. The first-order valence-electron chi connectivity index (χ1n) is 6.84. The van der Waals surface area contributed by atoms with Gasteiger partial charge in [-0.05, 0) is 37.5 Å². The Morgan fingerprint density at radius 1 is 1.44 bits per heavy atom. The van der Waals surface area contributed by atoms with Gasteiger partial charge in [-0.3, -0.25) is 0 Å². The summed E-state index contributed by atoms with van der Waals surface area (Å²) in [5, 5.41) is 0. The fourth-order valence-corrected chi connectivity index (χ4v) is 3.11. The third-order valence-corrected chi connectivity index (χ3v) is 4.41. The molecular weight excluding hydrogens is 290 g/mol. The van der Waals surface area contributed by atoms with E-state index in [0.29, 0.717) is 0 Å². The molecule has 0 aromatic heterocycles. The lowest BCUT2D eigenvalue weighted by molar-refractivity contribution is 0.0217. The minimum absolute atomic E-state index is 0.0593. The van der Waals surface area contributed by atoms with Gasteiger partial charge in [0.05, 0.1) is 0 Å². The van der Waals surface area contributed by atoms with E-state index in [-0.39, 0.29) is 11.6 Å². The van der Waals surface area contributed by atoms with E-state index in [1.165, 1.54) is 12.8 Å². The van der Waals surface area contributed by atoms with Crippen LogP contribution in [-0.4, -0.2) is 5.60 Å².